The van der Waals surface area contributed by atoms with E-state index in [-0.39, 0.29) is 47.1 Å². The molecule has 0 aromatic rings. The van der Waals surface area contributed by atoms with Crippen molar-refractivity contribution in [1.82, 2.24) is 5.32 Å². The molecule has 3 aliphatic rings. The molecule has 3 fully saturated rings. The van der Waals surface area contributed by atoms with Crippen LogP contribution in [0.4, 0.5) is 4.79 Å². The fourth-order valence-electron chi connectivity index (χ4n) is 5.43. The summed E-state index contributed by atoms with van der Waals surface area (Å²) in [6.45, 7) is 16.7. The van der Waals surface area contributed by atoms with Crippen LogP contribution in [0.25, 0.3) is 0 Å². The van der Waals surface area contributed by atoms with E-state index in [1.807, 2.05) is 13.8 Å². The van der Waals surface area contributed by atoms with Crippen molar-refractivity contribution in [2.45, 2.75) is 122 Å². The van der Waals surface area contributed by atoms with E-state index in [2.05, 4.69) is 46.0 Å². The molecule has 1 N–H and O–H groups in total. The van der Waals surface area contributed by atoms with Gasteiger partial charge < -0.3 is 33.7 Å². The molecule has 8 heteroatoms. The van der Waals surface area contributed by atoms with Crippen LogP contribution in [0, 0.1) is 5.92 Å². The number of amides is 1. The van der Waals surface area contributed by atoms with Crippen molar-refractivity contribution in [3.8, 4) is 0 Å². The van der Waals surface area contributed by atoms with Gasteiger partial charge in [0.1, 0.15) is 23.4 Å². The Hall–Kier alpha value is -1.19. The molecule has 1 amide bonds. The lowest BCUT2D eigenvalue weighted by Crippen LogP contribution is -2.56. The van der Waals surface area contributed by atoms with E-state index in [4.69, 9.17) is 28.4 Å². The highest BCUT2D eigenvalue weighted by Gasteiger charge is 2.72. The van der Waals surface area contributed by atoms with Gasteiger partial charge >= 0.3 is 6.09 Å². The number of carbonyl (C=O) groups is 1. The van der Waals surface area contributed by atoms with Crippen molar-refractivity contribution >= 4 is 6.09 Å². The maximum absolute atomic E-state index is 12.6. The fraction of sp³-hybridized carbons (Fsp3) is 0.893. The minimum absolute atomic E-state index is 0.0129. The van der Waals surface area contributed by atoms with Gasteiger partial charge in [-0.15, -0.1) is 0 Å². The zero-order valence-corrected chi connectivity index (χ0v) is 23.7. The molecule has 0 bridgehead atoms. The molecule has 0 aromatic carbocycles. The smallest absolute Gasteiger partial charge is 0.407 e. The maximum atomic E-state index is 12.6. The Kier molecular flexibility index (Phi) is 9.88. The molecular weight excluding hydrogens is 462 g/mol. The topological polar surface area (TPSA) is 91.1 Å². The maximum Gasteiger partial charge on any atom is 0.407 e. The molecule has 3 rings (SSSR count). The predicted octanol–water partition coefficient (Wildman–Crippen LogP) is 4.79. The third-order valence-electron chi connectivity index (χ3n) is 8.04. The van der Waals surface area contributed by atoms with Crippen LogP contribution in [0.2, 0.25) is 0 Å². The van der Waals surface area contributed by atoms with Gasteiger partial charge in [-0.3, -0.25) is 0 Å². The van der Waals surface area contributed by atoms with Crippen molar-refractivity contribution in [2.24, 2.45) is 5.92 Å². The number of methoxy groups -OCH3 is 1. The van der Waals surface area contributed by atoms with Crippen LogP contribution in [0.1, 0.15) is 80.6 Å². The van der Waals surface area contributed by atoms with Crippen LogP contribution in [0.5, 0.6) is 0 Å². The summed E-state index contributed by atoms with van der Waals surface area (Å²) in [5, 5.41) is 2.83. The molecule has 1 saturated carbocycles. The Bertz CT molecular complexity index is 761. The Morgan fingerprint density at radius 1 is 1.28 bits per heavy atom. The van der Waals surface area contributed by atoms with E-state index >= 15 is 0 Å². The molecular formula is C28H49NO7. The molecule has 2 heterocycles. The summed E-state index contributed by atoms with van der Waals surface area (Å²) >= 11 is 0. The van der Waals surface area contributed by atoms with Crippen molar-refractivity contribution in [2.75, 3.05) is 33.5 Å². The second kappa shape index (κ2) is 12.1. The lowest BCUT2D eigenvalue weighted by molar-refractivity contribution is -0.118. The second-order valence-electron chi connectivity index (χ2n) is 11.7. The van der Waals surface area contributed by atoms with E-state index in [9.17, 15) is 4.79 Å². The first-order chi connectivity index (χ1) is 17.0. The minimum Gasteiger partial charge on any atom is -0.443 e. The summed E-state index contributed by atoms with van der Waals surface area (Å²) in [4.78, 5) is 12.6. The van der Waals surface area contributed by atoms with E-state index in [1.165, 1.54) is 5.57 Å². The van der Waals surface area contributed by atoms with Gasteiger partial charge in [0.05, 0.1) is 36.9 Å². The van der Waals surface area contributed by atoms with Crippen molar-refractivity contribution in [3.05, 3.63) is 11.6 Å². The lowest BCUT2D eigenvalue weighted by atomic mass is 9.68. The Balaban J connectivity index is 1.46. The quantitative estimate of drug-likeness (QED) is 0.204. The highest BCUT2D eigenvalue weighted by atomic mass is 16.6. The second-order valence-corrected chi connectivity index (χ2v) is 11.7. The van der Waals surface area contributed by atoms with Gasteiger partial charge in [-0.1, -0.05) is 18.6 Å². The lowest BCUT2D eigenvalue weighted by Gasteiger charge is -2.42. The fourth-order valence-corrected chi connectivity index (χ4v) is 5.43. The van der Waals surface area contributed by atoms with Crippen molar-refractivity contribution < 1.29 is 33.2 Å². The number of hydrogen-bond acceptors (Lipinski definition) is 7. The molecule has 0 radical (unpaired) electrons. The highest BCUT2D eigenvalue weighted by molar-refractivity contribution is 5.67. The average molecular weight is 512 g/mol. The zero-order valence-electron chi connectivity index (χ0n) is 23.7. The molecule has 36 heavy (non-hydrogen) atoms. The number of carbonyl (C=O) groups excluding carboxylic acids is 1. The Morgan fingerprint density at radius 2 is 2.00 bits per heavy atom. The van der Waals surface area contributed by atoms with Gasteiger partial charge in [0.15, 0.2) is 0 Å². The minimum atomic E-state index is -0.446. The van der Waals surface area contributed by atoms with Crippen LogP contribution >= 0.6 is 0 Å². The number of hydrogen-bond donors (Lipinski definition) is 1. The average Bonchev–Trinajstić information content (AvgIpc) is 3.73. The molecule has 2 unspecified atom stereocenters. The summed E-state index contributed by atoms with van der Waals surface area (Å²) < 4.78 is 35.8. The molecule has 8 nitrogen and oxygen atoms in total. The number of alkyl carbamates (subject to hydrolysis) is 1. The molecule has 2 aliphatic heterocycles. The normalized spacial score (nSPS) is 34.2. The number of epoxide rings is 2. The third kappa shape index (κ3) is 7.44. The van der Waals surface area contributed by atoms with Gasteiger partial charge in [0.25, 0.3) is 0 Å². The zero-order chi connectivity index (χ0) is 26.6. The van der Waals surface area contributed by atoms with Crippen LogP contribution in [-0.2, 0) is 28.4 Å². The van der Waals surface area contributed by atoms with E-state index in [0.29, 0.717) is 32.8 Å². The van der Waals surface area contributed by atoms with Gasteiger partial charge in [0, 0.05) is 20.3 Å². The van der Waals surface area contributed by atoms with Gasteiger partial charge in [0.2, 0.25) is 0 Å². The van der Waals surface area contributed by atoms with Crippen molar-refractivity contribution in [3.63, 3.8) is 0 Å². The number of rotatable bonds is 14. The number of ether oxygens (including phenoxy) is 6. The van der Waals surface area contributed by atoms with Crippen LogP contribution in [0.3, 0.4) is 0 Å². The molecule has 1 aliphatic carbocycles. The Morgan fingerprint density at radius 3 is 2.61 bits per heavy atom. The Labute approximate surface area is 217 Å². The van der Waals surface area contributed by atoms with Crippen LogP contribution in [0.15, 0.2) is 11.6 Å². The third-order valence-corrected chi connectivity index (χ3v) is 8.04. The monoisotopic (exact) mass is 511 g/mol. The van der Waals surface area contributed by atoms with Gasteiger partial charge in [-0.2, -0.15) is 0 Å². The summed E-state index contributed by atoms with van der Waals surface area (Å²) in [5.41, 5.74) is 0.377. The van der Waals surface area contributed by atoms with E-state index in [1.54, 1.807) is 7.11 Å². The molecule has 7 atom stereocenters. The largest absolute Gasteiger partial charge is 0.443 e. The predicted molar refractivity (Wildman–Crippen MR) is 138 cm³/mol. The van der Waals surface area contributed by atoms with E-state index in [0.717, 1.165) is 25.7 Å². The molecule has 1 spiro atoms. The number of nitrogens with one attached hydrogen (secondary N) is 1. The van der Waals surface area contributed by atoms with Gasteiger partial charge in [-0.05, 0) is 73.6 Å². The summed E-state index contributed by atoms with van der Waals surface area (Å²) in [6.07, 6.45) is 5.71. The molecule has 2 saturated heterocycles. The number of allylic oxidation sites excluding steroid dienone is 1. The molecule has 208 valence electrons. The van der Waals surface area contributed by atoms with Crippen LogP contribution in [-0.4, -0.2) is 80.8 Å². The summed E-state index contributed by atoms with van der Waals surface area (Å²) in [6, 6.07) is 0. The highest BCUT2D eigenvalue weighted by Crippen LogP contribution is 2.59. The molecule has 0 aromatic heterocycles. The first-order valence-corrected chi connectivity index (χ1v) is 13.6. The SMILES string of the molecule is CCC(C)OCCC(C)(C)OCCNC(=O)O[C@@H]1CCC2(CO2)[C@@H]([C@@]2(C)O[C@@H]2CC=C(C)C)[C@@H]1OC. The standard InChI is InChI=1S/C28H49NO7/c1-9-20(4)32-16-14-26(5,6)33-17-15-29-25(30)35-21-12-13-28(18-34-28)24(23(21)31-8)27(7)22(36-27)11-10-19(2)3/h10,20-24H,9,11-18H2,1-8H3,(H,29,30)/t20?,21-,22-,23-,24-,27+,28?/m1/s1. The van der Waals surface area contributed by atoms with Gasteiger partial charge in [-0.25, -0.2) is 4.79 Å². The van der Waals surface area contributed by atoms with Crippen LogP contribution < -0.4 is 5.32 Å². The van der Waals surface area contributed by atoms with E-state index < -0.39 is 6.09 Å². The summed E-state index contributed by atoms with van der Waals surface area (Å²) in [5.74, 6) is 0.0129. The summed E-state index contributed by atoms with van der Waals surface area (Å²) in [7, 11) is 1.69. The first-order valence-electron chi connectivity index (χ1n) is 13.6. The van der Waals surface area contributed by atoms with Crippen molar-refractivity contribution in [1.29, 1.82) is 0 Å². The first kappa shape index (κ1) is 29.4.